The third-order valence-electron chi connectivity index (χ3n) is 3.61. The summed E-state index contributed by atoms with van der Waals surface area (Å²) in [5, 5.41) is 2.63. The van der Waals surface area contributed by atoms with Crippen LogP contribution in [0.25, 0.3) is 0 Å². The highest BCUT2D eigenvalue weighted by atomic mass is 32.2. The van der Waals surface area contributed by atoms with E-state index in [0.717, 1.165) is 10.6 Å². The van der Waals surface area contributed by atoms with Crippen LogP contribution in [0.3, 0.4) is 0 Å². The first-order chi connectivity index (χ1) is 12.2. The van der Waals surface area contributed by atoms with Crippen molar-refractivity contribution in [1.29, 1.82) is 0 Å². The molecule has 7 nitrogen and oxygen atoms in total. The molecule has 0 aliphatic rings. The average molecular weight is 376 g/mol. The molecule has 138 valence electrons. The lowest BCUT2D eigenvalue weighted by molar-refractivity contribution is -0.114. The summed E-state index contributed by atoms with van der Waals surface area (Å²) in [6, 6.07) is 12.9. The Labute approximate surface area is 152 Å². The number of hydrogen-bond donors (Lipinski definition) is 1. The van der Waals surface area contributed by atoms with E-state index in [1.165, 1.54) is 26.2 Å². The van der Waals surface area contributed by atoms with Crippen molar-refractivity contribution in [1.82, 2.24) is 0 Å². The molecule has 0 atom stereocenters. The number of methoxy groups -OCH3 is 1. The van der Waals surface area contributed by atoms with Crippen LogP contribution < -0.4 is 14.4 Å². The molecule has 26 heavy (non-hydrogen) atoms. The van der Waals surface area contributed by atoms with Gasteiger partial charge in [0.1, 0.15) is 12.3 Å². The SMILES string of the molecule is COc1ccccc1NC(=O)CN(c1cccc(C(C)=O)c1)S(C)(=O)=O. The summed E-state index contributed by atoms with van der Waals surface area (Å²) in [6.45, 7) is 0.955. The number of benzene rings is 2. The minimum atomic E-state index is -3.73. The fourth-order valence-electron chi connectivity index (χ4n) is 2.35. The largest absolute Gasteiger partial charge is 0.495 e. The van der Waals surface area contributed by atoms with Crippen LogP contribution in [-0.4, -0.2) is 40.0 Å². The van der Waals surface area contributed by atoms with Crippen LogP contribution in [0.5, 0.6) is 5.75 Å². The molecule has 1 amide bonds. The lowest BCUT2D eigenvalue weighted by atomic mass is 10.1. The zero-order chi connectivity index (χ0) is 19.3. The third kappa shape index (κ3) is 4.82. The molecule has 0 unspecified atom stereocenters. The van der Waals surface area contributed by atoms with Crippen molar-refractivity contribution in [3.63, 3.8) is 0 Å². The summed E-state index contributed by atoms with van der Waals surface area (Å²) in [6.07, 6.45) is 1.00. The van der Waals surface area contributed by atoms with Gasteiger partial charge in [0.05, 0.1) is 24.7 Å². The quantitative estimate of drug-likeness (QED) is 0.749. The maximum absolute atomic E-state index is 12.4. The van der Waals surface area contributed by atoms with Crippen molar-refractivity contribution >= 4 is 33.1 Å². The number of ketones is 1. The van der Waals surface area contributed by atoms with Gasteiger partial charge in [-0.15, -0.1) is 0 Å². The number of nitrogens with zero attached hydrogens (tertiary/aromatic N) is 1. The molecule has 2 aromatic rings. The number of anilines is 2. The topological polar surface area (TPSA) is 92.8 Å². The number of carbonyl (C=O) groups excluding carboxylic acids is 2. The van der Waals surface area contributed by atoms with E-state index in [0.29, 0.717) is 17.0 Å². The van der Waals surface area contributed by atoms with Gasteiger partial charge < -0.3 is 10.1 Å². The second-order valence-electron chi connectivity index (χ2n) is 5.62. The Bertz CT molecular complexity index is 925. The number of nitrogens with one attached hydrogen (secondary N) is 1. The smallest absolute Gasteiger partial charge is 0.245 e. The highest BCUT2D eigenvalue weighted by Gasteiger charge is 2.22. The molecule has 2 aromatic carbocycles. The zero-order valence-corrected chi connectivity index (χ0v) is 15.5. The van der Waals surface area contributed by atoms with Crippen molar-refractivity contribution in [3.05, 3.63) is 54.1 Å². The summed E-state index contributed by atoms with van der Waals surface area (Å²) in [7, 11) is -2.26. The summed E-state index contributed by atoms with van der Waals surface area (Å²) in [5.41, 5.74) is 1.04. The molecule has 0 radical (unpaired) electrons. The van der Waals surface area contributed by atoms with E-state index in [4.69, 9.17) is 4.74 Å². The van der Waals surface area contributed by atoms with Gasteiger partial charge in [-0.3, -0.25) is 13.9 Å². The van der Waals surface area contributed by atoms with Crippen molar-refractivity contribution in [2.24, 2.45) is 0 Å². The molecule has 1 N–H and O–H groups in total. The van der Waals surface area contributed by atoms with Gasteiger partial charge in [-0.2, -0.15) is 0 Å². The van der Waals surface area contributed by atoms with E-state index in [2.05, 4.69) is 5.32 Å². The monoisotopic (exact) mass is 376 g/mol. The Morgan fingerprint density at radius 1 is 1.12 bits per heavy atom. The summed E-state index contributed by atoms with van der Waals surface area (Å²) < 4.78 is 30.4. The van der Waals surface area contributed by atoms with Crippen molar-refractivity contribution < 1.29 is 22.7 Å². The van der Waals surface area contributed by atoms with Gasteiger partial charge in [0, 0.05) is 5.56 Å². The van der Waals surface area contributed by atoms with Crippen LogP contribution in [0.4, 0.5) is 11.4 Å². The highest BCUT2D eigenvalue weighted by molar-refractivity contribution is 7.92. The molecule has 0 aliphatic carbocycles. The Balaban J connectivity index is 2.28. The Hall–Kier alpha value is -2.87. The van der Waals surface area contributed by atoms with Crippen LogP contribution in [0.2, 0.25) is 0 Å². The second kappa shape index (κ2) is 8.01. The molecular formula is C18H20N2O5S. The first-order valence-corrected chi connectivity index (χ1v) is 9.59. The maximum atomic E-state index is 12.4. The zero-order valence-electron chi connectivity index (χ0n) is 14.7. The van der Waals surface area contributed by atoms with Crippen molar-refractivity contribution in [2.75, 3.05) is 29.5 Å². The number of ether oxygens (including phenoxy) is 1. The van der Waals surface area contributed by atoms with E-state index in [-0.39, 0.29) is 11.5 Å². The van der Waals surface area contributed by atoms with Crippen LogP contribution in [-0.2, 0) is 14.8 Å². The molecule has 0 saturated heterocycles. The Kier molecular flexibility index (Phi) is 5.99. The predicted octanol–water partition coefficient (Wildman–Crippen LogP) is 2.30. The molecule has 2 rings (SSSR count). The van der Waals surface area contributed by atoms with Gasteiger partial charge in [0.15, 0.2) is 5.78 Å². The molecule has 0 aromatic heterocycles. The van der Waals surface area contributed by atoms with Crippen LogP contribution in [0.1, 0.15) is 17.3 Å². The number of Topliss-reactive ketones (excluding diaryl/α,β-unsaturated/α-hetero) is 1. The van der Waals surface area contributed by atoms with E-state index in [1.54, 1.807) is 36.4 Å². The van der Waals surface area contributed by atoms with Gasteiger partial charge >= 0.3 is 0 Å². The summed E-state index contributed by atoms with van der Waals surface area (Å²) in [4.78, 5) is 23.9. The molecule has 0 fully saturated rings. The van der Waals surface area contributed by atoms with Gasteiger partial charge in [-0.1, -0.05) is 24.3 Å². The second-order valence-corrected chi connectivity index (χ2v) is 7.53. The Morgan fingerprint density at radius 3 is 2.42 bits per heavy atom. The van der Waals surface area contributed by atoms with E-state index < -0.39 is 22.5 Å². The van der Waals surface area contributed by atoms with Gasteiger partial charge in [0.2, 0.25) is 15.9 Å². The number of para-hydroxylation sites is 2. The molecule has 0 heterocycles. The number of carbonyl (C=O) groups is 2. The molecule has 0 bridgehead atoms. The third-order valence-corrected chi connectivity index (χ3v) is 4.75. The standard InChI is InChI=1S/C18H20N2O5S/c1-13(21)14-7-6-8-15(11-14)20(26(3,23)24)12-18(22)19-16-9-4-5-10-17(16)25-2/h4-11H,12H2,1-3H3,(H,19,22). The average Bonchev–Trinajstić information content (AvgIpc) is 2.59. The molecule has 8 heteroatoms. The van der Waals surface area contributed by atoms with Gasteiger partial charge in [-0.05, 0) is 31.2 Å². The summed E-state index contributed by atoms with van der Waals surface area (Å²) in [5.74, 6) is -0.266. The number of rotatable bonds is 7. The molecule has 0 saturated carbocycles. The minimum absolute atomic E-state index is 0.196. The summed E-state index contributed by atoms with van der Waals surface area (Å²) >= 11 is 0. The molecule has 0 aliphatic heterocycles. The molecular weight excluding hydrogens is 356 g/mol. The number of hydrogen-bond acceptors (Lipinski definition) is 5. The maximum Gasteiger partial charge on any atom is 0.245 e. The van der Waals surface area contributed by atoms with E-state index in [1.807, 2.05) is 0 Å². The first kappa shape index (κ1) is 19.5. The van der Waals surface area contributed by atoms with E-state index >= 15 is 0 Å². The van der Waals surface area contributed by atoms with Gasteiger partial charge in [-0.25, -0.2) is 8.42 Å². The number of amides is 1. The van der Waals surface area contributed by atoms with E-state index in [9.17, 15) is 18.0 Å². The van der Waals surface area contributed by atoms with Crippen LogP contribution >= 0.6 is 0 Å². The lowest BCUT2D eigenvalue weighted by Crippen LogP contribution is -2.37. The lowest BCUT2D eigenvalue weighted by Gasteiger charge is -2.22. The normalized spacial score (nSPS) is 10.9. The Morgan fingerprint density at radius 2 is 1.81 bits per heavy atom. The molecule has 0 spiro atoms. The highest BCUT2D eigenvalue weighted by Crippen LogP contribution is 2.24. The van der Waals surface area contributed by atoms with Gasteiger partial charge in [0.25, 0.3) is 0 Å². The fraction of sp³-hybridized carbons (Fsp3) is 0.222. The van der Waals surface area contributed by atoms with Crippen LogP contribution in [0, 0.1) is 0 Å². The predicted molar refractivity (Wildman–Crippen MR) is 100 cm³/mol. The fourth-order valence-corrected chi connectivity index (χ4v) is 3.20. The minimum Gasteiger partial charge on any atom is -0.495 e. The first-order valence-electron chi connectivity index (χ1n) is 7.74. The van der Waals surface area contributed by atoms with Crippen molar-refractivity contribution in [2.45, 2.75) is 6.92 Å². The number of sulfonamides is 1. The van der Waals surface area contributed by atoms with Crippen molar-refractivity contribution in [3.8, 4) is 5.75 Å². The van der Waals surface area contributed by atoms with Crippen LogP contribution in [0.15, 0.2) is 48.5 Å².